The summed E-state index contributed by atoms with van der Waals surface area (Å²) in [4.78, 5) is 13.6. The summed E-state index contributed by atoms with van der Waals surface area (Å²) in [6.07, 6.45) is 1.99. The van der Waals surface area contributed by atoms with Crippen LogP contribution in [-0.2, 0) is 0 Å². The molecule has 1 amide bonds. The summed E-state index contributed by atoms with van der Waals surface area (Å²) in [5, 5.41) is 15.3. The molecule has 126 valence electrons. The molecule has 0 aliphatic carbocycles. The number of nitrogens with zero attached hydrogens (tertiary/aromatic N) is 1. The van der Waals surface area contributed by atoms with Crippen molar-refractivity contribution in [3.05, 3.63) is 24.3 Å². The molecule has 0 aromatic heterocycles. The Morgan fingerprint density at radius 3 is 2.57 bits per heavy atom. The summed E-state index contributed by atoms with van der Waals surface area (Å²) in [6, 6.07) is 8.13. The van der Waals surface area contributed by atoms with Crippen LogP contribution in [0.2, 0.25) is 0 Å². The normalized spacial score (nSPS) is 25.3. The first-order chi connectivity index (χ1) is 11.1. The Hall–Kier alpha value is -1.95. The van der Waals surface area contributed by atoms with Crippen LogP contribution in [-0.4, -0.2) is 50.0 Å². The highest BCUT2D eigenvalue weighted by Crippen LogP contribution is 2.34. The van der Waals surface area contributed by atoms with Gasteiger partial charge in [0.1, 0.15) is 5.75 Å². The van der Waals surface area contributed by atoms with Gasteiger partial charge in [0.2, 0.25) is 0 Å². The maximum Gasteiger partial charge on any atom is 0.405 e. The van der Waals surface area contributed by atoms with Gasteiger partial charge in [-0.3, -0.25) is 0 Å². The van der Waals surface area contributed by atoms with Gasteiger partial charge in [0.25, 0.3) is 0 Å². The lowest BCUT2D eigenvalue weighted by atomic mass is 9.77. The smallest absolute Gasteiger partial charge is 0.405 e. The fourth-order valence-corrected chi connectivity index (χ4v) is 3.96. The lowest BCUT2D eigenvalue weighted by molar-refractivity contribution is 0.151. The zero-order valence-electron chi connectivity index (χ0n) is 13.5. The summed E-state index contributed by atoms with van der Waals surface area (Å²) in [7, 11) is 1.67. The fourth-order valence-electron chi connectivity index (χ4n) is 3.96. The standard InChI is InChI=1S/C17H25N3O3/c1-23-15-4-2-14(3-5-15)20-10-6-13(7-11-20)17(19-16(21)22)8-9-18-12-17/h2-5,13,18-19H,6-12H2,1H3,(H,21,22)/t17-/m0/s1. The molecule has 1 aromatic carbocycles. The summed E-state index contributed by atoms with van der Waals surface area (Å²) < 4.78 is 5.20. The van der Waals surface area contributed by atoms with E-state index in [1.807, 2.05) is 12.1 Å². The zero-order chi connectivity index (χ0) is 16.3. The van der Waals surface area contributed by atoms with Crippen molar-refractivity contribution in [2.75, 3.05) is 38.2 Å². The van der Waals surface area contributed by atoms with E-state index in [0.717, 1.165) is 51.2 Å². The molecule has 0 spiro atoms. The van der Waals surface area contributed by atoms with Gasteiger partial charge in [0.15, 0.2) is 0 Å². The van der Waals surface area contributed by atoms with Crippen LogP contribution in [0, 0.1) is 5.92 Å². The molecule has 2 saturated heterocycles. The second-order valence-electron chi connectivity index (χ2n) is 6.47. The van der Waals surface area contributed by atoms with Crippen LogP contribution >= 0.6 is 0 Å². The number of ether oxygens (including phenoxy) is 1. The number of hydrogen-bond acceptors (Lipinski definition) is 4. The van der Waals surface area contributed by atoms with Crippen LogP contribution in [0.25, 0.3) is 0 Å². The van der Waals surface area contributed by atoms with Crippen LogP contribution in [0.5, 0.6) is 5.75 Å². The van der Waals surface area contributed by atoms with E-state index in [-0.39, 0.29) is 5.54 Å². The van der Waals surface area contributed by atoms with Gasteiger partial charge < -0.3 is 25.4 Å². The molecule has 1 aromatic rings. The van der Waals surface area contributed by atoms with Gasteiger partial charge in [0, 0.05) is 25.3 Å². The monoisotopic (exact) mass is 319 g/mol. The highest BCUT2D eigenvalue weighted by Gasteiger charge is 2.43. The van der Waals surface area contributed by atoms with Crippen LogP contribution in [0.3, 0.4) is 0 Å². The van der Waals surface area contributed by atoms with E-state index >= 15 is 0 Å². The Morgan fingerprint density at radius 1 is 1.35 bits per heavy atom. The third-order valence-electron chi connectivity index (χ3n) is 5.26. The number of nitrogens with one attached hydrogen (secondary N) is 2. The summed E-state index contributed by atoms with van der Waals surface area (Å²) in [6.45, 7) is 3.55. The van der Waals surface area contributed by atoms with Crippen molar-refractivity contribution in [2.45, 2.75) is 24.8 Å². The van der Waals surface area contributed by atoms with Crippen molar-refractivity contribution in [1.29, 1.82) is 0 Å². The lowest BCUT2D eigenvalue weighted by Gasteiger charge is -2.42. The third-order valence-corrected chi connectivity index (χ3v) is 5.26. The van der Waals surface area contributed by atoms with E-state index in [2.05, 4.69) is 27.7 Å². The van der Waals surface area contributed by atoms with Crippen LogP contribution in [0.1, 0.15) is 19.3 Å². The minimum Gasteiger partial charge on any atom is -0.497 e. The van der Waals surface area contributed by atoms with Crippen molar-refractivity contribution in [2.24, 2.45) is 5.92 Å². The van der Waals surface area contributed by atoms with Crippen molar-refractivity contribution < 1.29 is 14.6 Å². The fraction of sp³-hybridized carbons (Fsp3) is 0.588. The summed E-state index contributed by atoms with van der Waals surface area (Å²) >= 11 is 0. The number of rotatable bonds is 4. The van der Waals surface area contributed by atoms with Crippen LogP contribution in [0.15, 0.2) is 24.3 Å². The molecule has 6 heteroatoms. The van der Waals surface area contributed by atoms with Crippen molar-refractivity contribution >= 4 is 11.8 Å². The second kappa shape index (κ2) is 6.66. The van der Waals surface area contributed by atoms with Crippen molar-refractivity contribution in [1.82, 2.24) is 10.6 Å². The van der Waals surface area contributed by atoms with E-state index < -0.39 is 6.09 Å². The van der Waals surface area contributed by atoms with Gasteiger partial charge in [0.05, 0.1) is 12.6 Å². The minimum atomic E-state index is -0.911. The Kier molecular flexibility index (Phi) is 4.61. The highest BCUT2D eigenvalue weighted by molar-refractivity contribution is 5.66. The topological polar surface area (TPSA) is 73.8 Å². The van der Waals surface area contributed by atoms with Crippen molar-refractivity contribution in [3.8, 4) is 5.75 Å². The maximum absolute atomic E-state index is 11.2. The second-order valence-corrected chi connectivity index (χ2v) is 6.47. The number of methoxy groups -OCH3 is 1. The largest absolute Gasteiger partial charge is 0.497 e. The molecule has 0 saturated carbocycles. The average Bonchev–Trinajstić information content (AvgIpc) is 3.04. The average molecular weight is 319 g/mol. The Balaban J connectivity index is 1.63. The molecule has 0 unspecified atom stereocenters. The quantitative estimate of drug-likeness (QED) is 0.790. The lowest BCUT2D eigenvalue weighted by Crippen LogP contribution is -2.57. The number of piperidine rings is 1. The maximum atomic E-state index is 11.2. The van der Waals surface area contributed by atoms with Gasteiger partial charge >= 0.3 is 6.09 Å². The number of carbonyl (C=O) groups is 1. The number of amides is 1. The van der Waals surface area contributed by atoms with E-state index in [1.54, 1.807) is 7.11 Å². The Morgan fingerprint density at radius 2 is 2.04 bits per heavy atom. The first-order valence-corrected chi connectivity index (χ1v) is 8.24. The molecule has 2 heterocycles. The van der Waals surface area contributed by atoms with Gasteiger partial charge in [-0.1, -0.05) is 0 Å². The molecular weight excluding hydrogens is 294 g/mol. The van der Waals surface area contributed by atoms with E-state index in [1.165, 1.54) is 5.69 Å². The molecule has 6 nitrogen and oxygen atoms in total. The van der Waals surface area contributed by atoms with E-state index in [0.29, 0.717) is 5.92 Å². The zero-order valence-corrected chi connectivity index (χ0v) is 13.5. The predicted octanol–water partition coefficient (Wildman–Crippen LogP) is 1.91. The Labute approximate surface area is 136 Å². The number of anilines is 1. The summed E-state index contributed by atoms with van der Waals surface area (Å²) in [5.74, 6) is 1.26. The summed E-state index contributed by atoms with van der Waals surface area (Å²) in [5.41, 5.74) is 0.909. The molecular formula is C17H25N3O3. The van der Waals surface area contributed by atoms with Gasteiger partial charge in [-0.2, -0.15) is 0 Å². The van der Waals surface area contributed by atoms with E-state index in [4.69, 9.17) is 4.74 Å². The molecule has 0 radical (unpaired) electrons. The molecule has 1 atom stereocenters. The van der Waals surface area contributed by atoms with E-state index in [9.17, 15) is 9.90 Å². The third kappa shape index (κ3) is 3.37. The first-order valence-electron chi connectivity index (χ1n) is 8.24. The predicted molar refractivity (Wildman–Crippen MR) is 89.3 cm³/mol. The number of benzene rings is 1. The number of hydrogen-bond donors (Lipinski definition) is 3. The van der Waals surface area contributed by atoms with Crippen LogP contribution in [0.4, 0.5) is 10.5 Å². The van der Waals surface area contributed by atoms with Gasteiger partial charge in [-0.25, -0.2) is 4.79 Å². The first kappa shape index (κ1) is 15.9. The van der Waals surface area contributed by atoms with Gasteiger partial charge in [-0.15, -0.1) is 0 Å². The van der Waals surface area contributed by atoms with Crippen molar-refractivity contribution in [3.63, 3.8) is 0 Å². The SMILES string of the molecule is COc1ccc(N2CCC([C@]3(NC(=O)O)CCNC3)CC2)cc1. The molecule has 3 N–H and O–H groups in total. The van der Waals surface area contributed by atoms with Gasteiger partial charge in [-0.05, 0) is 56.0 Å². The molecule has 0 bridgehead atoms. The number of carboxylic acid groups (broad SMARTS) is 1. The molecule has 23 heavy (non-hydrogen) atoms. The molecule has 2 aliphatic heterocycles. The molecule has 2 fully saturated rings. The molecule has 2 aliphatic rings. The highest BCUT2D eigenvalue weighted by atomic mass is 16.5. The van der Waals surface area contributed by atoms with Crippen LogP contribution < -0.4 is 20.3 Å². The Bertz CT molecular complexity index is 533. The molecule has 3 rings (SSSR count). The minimum absolute atomic E-state index is 0.294.